The third-order valence-corrected chi connectivity index (χ3v) is 2.78. The molecule has 0 aliphatic rings. The van der Waals surface area contributed by atoms with Crippen molar-refractivity contribution in [2.75, 3.05) is 6.54 Å². The molecule has 0 fully saturated rings. The Balaban J connectivity index is 2.68. The highest BCUT2D eigenvalue weighted by Crippen LogP contribution is 2.10. The summed E-state index contributed by atoms with van der Waals surface area (Å²) in [5.74, 6) is -2.32. The first-order valence-electron chi connectivity index (χ1n) is 5.72. The van der Waals surface area contributed by atoms with Crippen LogP contribution >= 0.6 is 0 Å². The van der Waals surface area contributed by atoms with Crippen molar-refractivity contribution < 1.29 is 19.1 Å². The van der Waals surface area contributed by atoms with Gasteiger partial charge < -0.3 is 10.4 Å². The Labute approximate surface area is 105 Å². The summed E-state index contributed by atoms with van der Waals surface area (Å²) in [6.07, 6.45) is 0.442. The maximum atomic E-state index is 12.9. The van der Waals surface area contributed by atoms with Crippen molar-refractivity contribution in [3.63, 3.8) is 0 Å². The van der Waals surface area contributed by atoms with Gasteiger partial charge in [0.25, 0.3) is 5.91 Å². The molecule has 0 aliphatic carbocycles. The van der Waals surface area contributed by atoms with Crippen LogP contribution < -0.4 is 5.32 Å². The third-order valence-electron chi connectivity index (χ3n) is 2.78. The summed E-state index contributed by atoms with van der Waals surface area (Å²) in [5, 5.41) is 11.4. The summed E-state index contributed by atoms with van der Waals surface area (Å²) in [7, 11) is 0. The van der Waals surface area contributed by atoms with Gasteiger partial charge in [0.2, 0.25) is 0 Å². The van der Waals surface area contributed by atoms with E-state index in [1.807, 2.05) is 0 Å². The van der Waals surface area contributed by atoms with Crippen molar-refractivity contribution in [3.8, 4) is 0 Å². The zero-order valence-electron chi connectivity index (χ0n) is 10.4. The van der Waals surface area contributed by atoms with Crippen LogP contribution in [0.15, 0.2) is 18.2 Å². The highest BCUT2D eigenvalue weighted by atomic mass is 19.1. The summed E-state index contributed by atoms with van der Waals surface area (Å²) >= 11 is 0. The highest BCUT2D eigenvalue weighted by molar-refractivity contribution is 5.95. The fourth-order valence-corrected chi connectivity index (χ4v) is 1.60. The van der Waals surface area contributed by atoms with E-state index in [0.29, 0.717) is 17.5 Å². The summed E-state index contributed by atoms with van der Waals surface area (Å²) in [6.45, 7) is 3.45. The predicted molar refractivity (Wildman–Crippen MR) is 64.9 cm³/mol. The molecule has 1 aromatic carbocycles. The van der Waals surface area contributed by atoms with Crippen LogP contribution in [-0.4, -0.2) is 23.5 Å². The number of amides is 1. The molecule has 0 bridgehead atoms. The van der Waals surface area contributed by atoms with E-state index in [0.717, 1.165) is 0 Å². The van der Waals surface area contributed by atoms with E-state index in [4.69, 9.17) is 5.11 Å². The maximum absolute atomic E-state index is 12.9. The monoisotopic (exact) mass is 253 g/mol. The van der Waals surface area contributed by atoms with Crippen LogP contribution in [0.5, 0.6) is 0 Å². The van der Waals surface area contributed by atoms with E-state index in [-0.39, 0.29) is 12.5 Å². The Bertz CT molecular complexity index is 460. The Kier molecular flexibility index (Phi) is 4.83. The van der Waals surface area contributed by atoms with Crippen molar-refractivity contribution in [3.05, 3.63) is 35.1 Å². The number of carboxylic acid groups (broad SMARTS) is 1. The number of hydrogen-bond acceptors (Lipinski definition) is 2. The molecule has 1 atom stereocenters. The molecule has 1 aromatic rings. The van der Waals surface area contributed by atoms with Crippen LogP contribution in [0.4, 0.5) is 4.39 Å². The molecule has 4 nitrogen and oxygen atoms in total. The molecule has 5 heteroatoms. The van der Waals surface area contributed by atoms with Gasteiger partial charge in [-0.2, -0.15) is 0 Å². The molecule has 0 saturated carbocycles. The van der Waals surface area contributed by atoms with Crippen molar-refractivity contribution in [2.45, 2.75) is 20.3 Å². The molecule has 1 rings (SSSR count). The standard InChI is InChI=1S/C13H16FNO3/c1-3-9(13(17)18)7-15-12(16)11-5-4-10(14)6-8(11)2/h4-6,9H,3,7H2,1-2H3,(H,15,16)(H,17,18). The lowest BCUT2D eigenvalue weighted by Crippen LogP contribution is -2.33. The highest BCUT2D eigenvalue weighted by Gasteiger charge is 2.17. The molecule has 0 aromatic heterocycles. The van der Waals surface area contributed by atoms with Crippen molar-refractivity contribution in [1.82, 2.24) is 5.32 Å². The van der Waals surface area contributed by atoms with Gasteiger partial charge in [0.15, 0.2) is 0 Å². The first-order chi connectivity index (χ1) is 8.45. The summed E-state index contributed by atoms with van der Waals surface area (Å²) < 4.78 is 12.9. The lowest BCUT2D eigenvalue weighted by atomic mass is 10.1. The SMILES string of the molecule is CCC(CNC(=O)c1ccc(F)cc1C)C(=O)O. The van der Waals surface area contributed by atoms with E-state index in [2.05, 4.69) is 5.32 Å². The second-order valence-corrected chi connectivity index (χ2v) is 4.11. The molecule has 0 radical (unpaired) electrons. The van der Waals surface area contributed by atoms with E-state index in [1.54, 1.807) is 13.8 Å². The number of aryl methyl sites for hydroxylation is 1. The second kappa shape index (κ2) is 6.14. The Hall–Kier alpha value is -1.91. The van der Waals surface area contributed by atoms with Gasteiger partial charge in [-0.1, -0.05) is 6.92 Å². The lowest BCUT2D eigenvalue weighted by molar-refractivity contribution is -0.141. The van der Waals surface area contributed by atoms with Crippen molar-refractivity contribution >= 4 is 11.9 Å². The van der Waals surface area contributed by atoms with Crippen LogP contribution in [0, 0.1) is 18.7 Å². The Morgan fingerprint density at radius 1 is 1.44 bits per heavy atom. The minimum Gasteiger partial charge on any atom is -0.481 e. The third kappa shape index (κ3) is 3.55. The largest absolute Gasteiger partial charge is 0.481 e. The number of carboxylic acids is 1. The van der Waals surface area contributed by atoms with Gasteiger partial charge in [-0.15, -0.1) is 0 Å². The van der Waals surface area contributed by atoms with Crippen LogP contribution in [0.3, 0.4) is 0 Å². The number of nitrogens with one attached hydrogen (secondary N) is 1. The van der Waals surface area contributed by atoms with Gasteiger partial charge in [-0.3, -0.25) is 9.59 Å². The van der Waals surface area contributed by atoms with Crippen LogP contribution in [0.25, 0.3) is 0 Å². The molecular formula is C13H16FNO3. The first kappa shape index (κ1) is 14.2. The summed E-state index contributed by atoms with van der Waals surface area (Å²) in [6, 6.07) is 3.86. The second-order valence-electron chi connectivity index (χ2n) is 4.11. The minimum atomic E-state index is -0.936. The number of benzene rings is 1. The lowest BCUT2D eigenvalue weighted by Gasteiger charge is -2.12. The van der Waals surface area contributed by atoms with Crippen LogP contribution in [0.1, 0.15) is 29.3 Å². The Morgan fingerprint density at radius 2 is 2.11 bits per heavy atom. The van der Waals surface area contributed by atoms with Gasteiger partial charge in [0, 0.05) is 12.1 Å². The molecule has 0 aliphatic heterocycles. The number of carbonyl (C=O) groups excluding carboxylic acids is 1. The maximum Gasteiger partial charge on any atom is 0.308 e. The molecule has 98 valence electrons. The Morgan fingerprint density at radius 3 is 2.61 bits per heavy atom. The zero-order valence-corrected chi connectivity index (χ0v) is 10.4. The molecule has 1 amide bonds. The van der Waals surface area contributed by atoms with Gasteiger partial charge in [-0.05, 0) is 37.1 Å². The number of halogens is 1. The quantitative estimate of drug-likeness (QED) is 0.843. The van der Waals surface area contributed by atoms with Crippen LogP contribution in [-0.2, 0) is 4.79 Å². The smallest absolute Gasteiger partial charge is 0.308 e. The average Bonchev–Trinajstić information content (AvgIpc) is 2.28. The van der Waals surface area contributed by atoms with E-state index in [1.165, 1.54) is 18.2 Å². The zero-order chi connectivity index (χ0) is 13.7. The number of rotatable bonds is 5. The van der Waals surface area contributed by atoms with Gasteiger partial charge in [0.1, 0.15) is 5.82 Å². The predicted octanol–water partition coefficient (Wildman–Crippen LogP) is 1.97. The normalized spacial score (nSPS) is 11.9. The van der Waals surface area contributed by atoms with E-state index >= 15 is 0 Å². The molecule has 1 unspecified atom stereocenters. The fraction of sp³-hybridized carbons (Fsp3) is 0.385. The molecule has 0 spiro atoms. The summed E-state index contributed by atoms with van der Waals surface area (Å²) in [4.78, 5) is 22.6. The van der Waals surface area contributed by atoms with Gasteiger partial charge in [-0.25, -0.2) is 4.39 Å². The minimum absolute atomic E-state index is 0.0709. The number of hydrogen-bond donors (Lipinski definition) is 2. The van der Waals surface area contributed by atoms with E-state index < -0.39 is 17.7 Å². The molecular weight excluding hydrogens is 237 g/mol. The van der Waals surface area contributed by atoms with Crippen molar-refractivity contribution in [2.24, 2.45) is 5.92 Å². The van der Waals surface area contributed by atoms with E-state index in [9.17, 15) is 14.0 Å². The van der Waals surface area contributed by atoms with Gasteiger partial charge in [0.05, 0.1) is 5.92 Å². The average molecular weight is 253 g/mol. The molecule has 2 N–H and O–H groups in total. The summed E-state index contributed by atoms with van der Waals surface area (Å²) in [5.41, 5.74) is 0.882. The molecule has 0 heterocycles. The number of aliphatic carboxylic acids is 1. The number of carbonyl (C=O) groups is 2. The molecule has 0 saturated heterocycles. The molecule has 18 heavy (non-hydrogen) atoms. The van der Waals surface area contributed by atoms with Gasteiger partial charge >= 0.3 is 5.97 Å². The first-order valence-corrected chi connectivity index (χ1v) is 5.72. The van der Waals surface area contributed by atoms with Crippen molar-refractivity contribution in [1.29, 1.82) is 0 Å². The fourth-order valence-electron chi connectivity index (χ4n) is 1.60. The van der Waals surface area contributed by atoms with Crippen LogP contribution in [0.2, 0.25) is 0 Å². The topological polar surface area (TPSA) is 66.4 Å².